The summed E-state index contributed by atoms with van der Waals surface area (Å²) in [6, 6.07) is 5.91. The van der Waals surface area contributed by atoms with Gasteiger partial charge in [-0.1, -0.05) is 12.1 Å². The summed E-state index contributed by atoms with van der Waals surface area (Å²) < 4.78 is 18.2. The molecule has 0 spiro atoms. The van der Waals surface area contributed by atoms with E-state index in [4.69, 9.17) is 4.74 Å². The molecule has 0 bridgehead atoms. The maximum absolute atomic E-state index is 13.0. The minimum absolute atomic E-state index is 0.00897. The molecule has 3 nitrogen and oxygen atoms in total. The molecule has 1 saturated heterocycles. The van der Waals surface area contributed by atoms with Gasteiger partial charge < -0.3 is 9.64 Å². The number of methoxy groups -OCH3 is 1. The van der Waals surface area contributed by atoms with Gasteiger partial charge in [-0.05, 0) is 31.0 Å². The Balaban J connectivity index is 1.78. The van der Waals surface area contributed by atoms with Gasteiger partial charge in [-0.25, -0.2) is 4.39 Å². The van der Waals surface area contributed by atoms with Crippen molar-refractivity contribution in [1.29, 1.82) is 0 Å². The molecule has 1 aliphatic heterocycles. The highest BCUT2D eigenvalue weighted by atomic mass is 19.1. The summed E-state index contributed by atoms with van der Waals surface area (Å²) in [6.45, 7) is 3.54. The van der Waals surface area contributed by atoms with Crippen molar-refractivity contribution in [2.24, 2.45) is 5.92 Å². The van der Waals surface area contributed by atoms with Gasteiger partial charge in [0.05, 0.1) is 6.61 Å². The highest BCUT2D eigenvalue weighted by molar-refractivity contribution is 5.96. The molecule has 0 radical (unpaired) electrons. The minimum Gasteiger partial charge on any atom is -0.384 e. The molecule has 104 valence electrons. The largest absolute Gasteiger partial charge is 0.384 e. The van der Waals surface area contributed by atoms with E-state index in [0.29, 0.717) is 17.9 Å². The number of halogens is 1. The van der Waals surface area contributed by atoms with Gasteiger partial charge in [-0.2, -0.15) is 0 Å². The van der Waals surface area contributed by atoms with Crippen molar-refractivity contribution in [2.45, 2.75) is 12.8 Å². The number of Topliss-reactive ketones (excluding diaryl/α,β-unsaturated/α-hetero) is 1. The first-order valence-electron chi connectivity index (χ1n) is 6.69. The van der Waals surface area contributed by atoms with E-state index in [1.165, 1.54) is 12.1 Å². The lowest BCUT2D eigenvalue weighted by atomic mass is 10.1. The zero-order chi connectivity index (χ0) is 13.7. The Morgan fingerprint density at radius 2 is 2.37 bits per heavy atom. The minimum atomic E-state index is -0.354. The number of hydrogen-bond acceptors (Lipinski definition) is 3. The number of nitrogens with zero attached hydrogens (tertiary/aromatic N) is 1. The third kappa shape index (κ3) is 4.11. The van der Waals surface area contributed by atoms with Crippen molar-refractivity contribution in [2.75, 3.05) is 33.4 Å². The predicted molar refractivity (Wildman–Crippen MR) is 71.8 cm³/mol. The van der Waals surface area contributed by atoms with E-state index < -0.39 is 0 Å². The Kier molecular flexibility index (Phi) is 5.05. The number of likely N-dealkylation sites (tertiary alicyclic amines) is 1. The molecule has 4 heteroatoms. The number of rotatable bonds is 6. The number of benzene rings is 1. The molecule has 1 aromatic rings. The molecule has 0 saturated carbocycles. The SMILES string of the molecule is COCC1CCN(CCC(=O)c2cccc(F)c2)C1. The fourth-order valence-corrected chi connectivity index (χ4v) is 2.55. The van der Waals surface area contributed by atoms with Crippen LogP contribution in [-0.2, 0) is 4.74 Å². The van der Waals surface area contributed by atoms with E-state index in [2.05, 4.69) is 4.90 Å². The van der Waals surface area contributed by atoms with Crippen molar-refractivity contribution in [3.63, 3.8) is 0 Å². The van der Waals surface area contributed by atoms with E-state index in [1.54, 1.807) is 19.2 Å². The molecule has 1 aliphatic rings. The summed E-state index contributed by atoms with van der Waals surface area (Å²) in [6.07, 6.45) is 1.57. The van der Waals surface area contributed by atoms with E-state index in [-0.39, 0.29) is 11.6 Å². The number of hydrogen-bond donors (Lipinski definition) is 0. The summed E-state index contributed by atoms with van der Waals surface area (Å²) >= 11 is 0. The number of carbonyl (C=O) groups excluding carboxylic acids is 1. The quantitative estimate of drug-likeness (QED) is 0.740. The number of carbonyl (C=O) groups is 1. The smallest absolute Gasteiger partial charge is 0.164 e. The van der Waals surface area contributed by atoms with Crippen LogP contribution in [0, 0.1) is 11.7 Å². The molecule has 0 aliphatic carbocycles. The van der Waals surface area contributed by atoms with Crippen LogP contribution < -0.4 is 0 Å². The molecular formula is C15H20FNO2. The topological polar surface area (TPSA) is 29.5 Å². The van der Waals surface area contributed by atoms with Gasteiger partial charge in [-0.3, -0.25) is 4.79 Å². The molecule has 1 fully saturated rings. The van der Waals surface area contributed by atoms with Crippen LogP contribution in [0.15, 0.2) is 24.3 Å². The highest BCUT2D eigenvalue weighted by Crippen LogP contribution is 2.17. The Labute approximate surface area is 113 Å². The summed E-state index contributed by atoms with van der Waals surface area (Å²) in [7, 11) is 1.72. The maximum Gasteiger partial charge on any atom is 0.164 e. The first-order chi connectivity index (χ1) is 9.19. The Morgan fingerprint density at radius 3 is 3.11 bits per heavy atom. The van der Waals surface area contributed by atoms with Crippen molar-refractivity contribution < 1.29 is 13.9 Å². The first kappa shape index (κ1) is 14.2. The summed E-state index contributed by atoms with van der Waals surface area (Å²) in [5, 5.41) is 0. The normalized spacial score (nSPS) is 19.8. The molecule has 0 aromatic heterocycles. The molecule has 1 heterocycles. The van der Waals surface area contributed by atoms with Gasteiger partial charge in [-0.15, -0.1) is 0 Å². The molecule has 19 heavy (non-hydrogen) atoms. The second-order valence-electron chi connectivity index (χ2n) is 5.09. The van der Waals surface area contributed by atoms with Crippen molar-refractivity contribution >= 4 is 5.78 Å². The van der Waals surface area contributed by atoms with Crippen LogP contribution in [0.1, 0.15) is 23.2 Å². The number of ether oxygens (including phenoxy) is 1. The molecule has 2 rings (SSSR count). The van der Waals surface area contributed by atoms with Gasteiger partial charge in [0.15, 0.2) is 5.78 Å². The van der Waals surface area contributed by atoms with Gasteiger partial charge in [0.25, 0.3) is 0 Å². The average molecular weight is 265 g/mol. The van der Waals surface area contributed by atoms with Crippen molar-refractivity contribution in [3.8, 4) is 0 Å². The molecule has 1 aromatic carbocycles. The Bertz CT molecular complexity index is 436. The molecule has 1 atom stereocenters. The first-order valence-corrected chi connectivity index (χ1v) is 6.69. The standard InChI is InChI=1S/C15H20FNO2/c1-19-11-12-5-7-17(10-12)8-6-15(18)13-3-2-4-14(16)9-13/h2-4,9,12H,5-8,10-11H2,1H3. The third-order valence-electron chi connectivity index (χ3n) is 3.57. The van der Waals surface area contributed by atoms with Crippen LogP contribution >= 0.6 is 0 Å². The monoisotopic (exact) mass is 265 g/mol. The molecule has 1 unspecified atom stereocenters. The second-order valence-corrected chi connectivity index (χ2v) is 5.09. The van der Waals surface area contributed by atoms with Crippen LogP contribution in [0.4, 0.5) is 4.39 Å². The van der Waals surface area contributed by atoms with Gasteiger partial charge >= 0.3 is 0 Å². The summed E-state index contributed by atoms with van der Waals surface area (Å²) in [4.78, 5) is 14.2. The molecular weight excluding hydrogens is 245 g/mol. The van der Waals surface area contributed by atoms with Crippen molar-refractivity contribution in [1.82, 2.24) is 4.90 Å². The Hall–Kier alpha value is -1.26. The van der Waals surface area contributed by atoms with Crippen LogP contribution in [0.3, 0.4) is 0 Å². The lowest BCUT2D eigenvalue weighted by Gasteiger charge is -2.15. The van der Waals surface area contributed by atoms with E-state index in [1.807, 2.05) is 0 Å². The van der Waals surface area contributed by atoms with Gasteiger partial charge in [0.1, 0.15) is 5.82 Å². The average Bonchev–Trinajstić information content (AvgIpc) is 2.84. The maximum atomic E-state index is 13.0. The zero-order valence-corrected chi connectivity index (χ0v) is 11.3. The van der Waals surface area contributed by atoms with Crippen molar-refractivity contribution in [3.05, 3.63) is 35.6 Å². The van der Waals surface area contributed by atoms with E-state index in [0.717, 1.165) is 32.7 Å². The fraction of sp³-hybridized carbons (Fsp3) is 0.533. The second kappa shape index (κ2) is 6.78. The third-order valence-corrected chi connectivity index (χ3v) is 3.57. The summed E-state index contributed by atoms with van der Waals surface area (Å²) in [5.74, 6) is 0.233. The lowest BCUT2D eigenvalue weighted by molar-refractivity contribution is 0.0966. The lowest BCUT2D eigenvalue weighted by Crippen LogP contribution is -2.24. The highest BCUT2D eigenvalue weighted by Gasteiger charge is 2.22. The van der Waals surface area contributed by atoms with E-state index >= 15 is 0 Å². The Morgan fingerprint density at radius 1 is 1.53 bits per heavy atom. The van der Waals surface area contributed by atoms with Crippen LogP contribution in [-0.4, -0.2) is 44.0 Å². The fourth-order valence-electron chi connectivity index (χ4n) is 2.55. The van der Waals surface area contributed by atoms with Crippen LogP contribution in [0.25, 0.3) is 0 Å². The van der Waals surface area contributed by atoms with E-state index in [9.17, 15) is 9.18 Å². The predicted octanol–water partition coefficient (Wildman–Crippen LogP) is 2.37. The summed E-state index contributed by atoms with van der Waals surface area (Å²) in [5.41, 5.74) is 0.465. The van der Waals surface area contributed by atoms with Crippen LogP contribution in [0.5, 0.6) is 0 Å². The molecule has 0 amide bonds. The zero-order valence-electron chi connectivity index (χ0n) is 11.3. The van der Waals surface area contributed by atoms with Gasteiger partial charge in [0, 0.05) is 32.2 Å². The molecule has 0 N–H and O–H groups in total. The number of ketones is 1. The van der Waals surface area contributed by atoms with Gasteiger partial charge in [0.2, 0.25) is 0 Å². The van der Waals surface area contributed by atoms with Crippen LogP contribution in [0.2, 0.25) is 0 Å².